The molecule has 2 rings (SSSR count). The molecule has 0 saturated heterocycles. The fourth-order valence-electron chi connectivity index (χ4n) is 3.26. The van der Waals surface area contributed by atoms with E-state index < -0.39 is 12.2 Å². The molecule has 0 radical (unpaired) electrons. The summed E-state index contributed by atoms with van der Waals surface area (Å²) >= 11 is 0. The van der Waals surface area contributed by atoms with E-state index in [4.69, 9.17) is 14.3 Å². The van der Waals surface area contributed by atoms with Crippen LogP contribution in [-0.2, 0) is 20.9 Å². The first-order chi connectivity index (χ1) is 13.5. The van der Waals surface area contributed by atoms with Crippen LogP contribution in [0.5, 0.6) is 0 Å². The van der Waals surface area contributed by atoms with E-state index in [1.807, 2.05) is 30.4 Å². The van der Waals surface area contributed by atoms with Crippen molar-refractivity contribution in [1.82, 2.24) is 0 Å². The Hall–Kier alpha value is -1.95. The lowest BCUT2D eigenvalue weighted by atomic mass is 9.95. The number of rotatable bonds is 11. The lowest BCUT2D eigenvalue weighted by Crippen LogP contribution is -2.38. The smallest absolute Gasteiger partial charge is 0.174 e. The SMILES string of the molecule is C=CC[C@@H]1C=C[C@H](O/N=C\[C@@H](C)[C@H](OCc2ccccc2)C(C)C)[C@H](CO)O1. The fraction of sp³-hybridized carbons (Fsp3) is 0.522. The van der Waals surface area contributed by atoms with Crippen molar-refractivity contribution in [2.45, 2.75) is 58.2 Å². The highest BCUT2D eigenvalue weighted by molar-refractivity contribution is 5.60. The van der Waals surface area contributed by atoms with Gasteiger partial charge in [0, 0.05) is 12.1 Å². The van der Waals surface area contributed by atoms with Gasteiger partial charge in [-0.2, -0.15) is 0 Å². The Bertz CT molecular complexity index is 629. The molecule has 0 amide bonds. The molecule has 1 aromatic carbocycles. The molecule has 1 heterocycles. The predicted octanol–water partition coefficient (Wildman–Crippen LogP) is 4.13. The molecule has 5 atom stereocenters. The fourth-order valence-corrected chi connectivity index (χ4v) is 3.26. The van der Waals surface area contributed by atoms with Crippen molar-refractivity contribution in [3.05, 3.63) is 60.7 Å². The molecule has 1 aliphatic heterocycles. The third-order valence-electron chi connectivity index (χ3n) is 4.75. The van der Waals surface area contributed by atoms with E-state index in [2.05, 4.69) is 44.6 Å². The largest absolute Gasteiger partial charge is 0.394 e. The number of nitrogens with zero attached hydrogens (tertiary/aromatic N) is 1. The molecule has 154 valence electrons. The molecule has 0 fully saturated rings. The van der Waals surface area contributed by atoms with Crippen LogP contribution < -0.4 is 0 Å². The Labute approximate surface area is 168 Å². The lowest BCUT2D eigenvalue weighted by molar-refractivity contribution is -0.100. The Morgan fingerprint density at radius 1 is 1.21 bits per heavy atom. The second-order valence-corrected chi connectivity index (χ2v) is 7.49. The van der Waals surface area contributed by atoms with Gasteiger partial charge < -0.3 is 19.4 Å². The van der Waals surface area contributed by atoms with Gasteiger partial charge in [0.25, 0.3) is 0 Å². The summed E-state index contributed by atoms with van der Waals surface area (Å²) in [7, 11) is 0. The monoisotopic (exact) mass is 387 g/mol. The van der Waals surface area contributed by atoms with E-state index in [0.717, 1.165) is 5.56 Å². The highest BCUT2D eigenvalue weighted by atomic mass is 16.7. The Kier molecular flexibility index (Phi) is 9.41. The van der Waals surface area contributed by atoms with Crippen LogP contribution in [0, 0.1) is 11.8 Å². The molecule has 5 heteroatoms. The van der Waals surface area contributed by atoms with Crippen molar-refractivity contribution in [3.8, 4) is 0 Å². The van der Waals surface area contributed by atoms with Gasteiger partial charge in [0.1, 0.15) is 6.10 Å². The van der Waals surface area contributed by atoms with Gasteiger partial charge in [-0.25, -0.2) is 0 Å². The first-order valence-electron chi connectivity index (χ1n) is 9.95. The van der Waals surface area contributed by atoms with Gasteiger partial charge in [0.2, 0.25) is 0 Å². The van der Waals surface area contributed by atoms with Gasteiger partial charge in [0.05, 0.1) is 25.4 Å². The zero-order chi connectivity index (χ0) is 20.4. The van der Waals surface area contributed by atoms with Crippen LogP contribution in [0.1, 0.15) is 32.8 Å². The third-order valence-corrected chi connectivity index (χ3v) is 4.75. The summed E-state index contributed by atoms with van der Waals surface area (Å²) in [5, 5.41) is 13.7. The standard InChI is InChI=1S/C23H33NO4/c1-5-9-20-12-13-21(22(15-25)27-20)28-24-14-18(4)23(17(2)3)26-16-19-10-7-6-8-11-19/h5-8,10-14,17-18,20-23,25H,1,9,15-16H2,2-4H3/b24-14-/t18-,20-,21+,22+,23-/m1/s1. The van der Waals surface area contributed by atoms with Gasteiger partial charge in [-0.05, 0) is 24.0 Å². The van der Waals surface area contributed by atoms with Crippen molar-refractivity contribution in [2.75, 3.05) is 6.61 Å². The summed E-state index contributed by atoms with van der Waals surface area (Å²) in [6.07, 6.45) is 7.21. The number of oxime groups is 1. The summed E-state index contributed by atoms with van der Waals surface area (Å²) in [6, 6.07) is 10.1. The molecule has 5 nitrogen and oxygen atoms in total. The van der Waals surface area contributed by atoms with Gasteiger partial charge in [-0.1, -0.05) is 68.4 Å². The summed E-state index contributed by atoms with van der Waals surface area (Å²) in [5.74, 6) is 0.422. The zero-order valence-electron chi connectivity index (χ0n) is 17.1. The molecular weight excluding hydrogens is 354 g/mol. The van der Waals surface area contributed by atoms with Crippen LogP contribution in [0.4, 0.5) is 0 Å². The third kappa shape index (κ3) is 6.89. The minimum Gasteiger partial charge on any atom is -0.394 e. The second kappa shape index (κ2) is 11.8. The van der Waals surface area contributed by atoms with Crippen molar-refractivity contribution in [3.63, 3.8) is 0 Å². The molecule has 1 aliphatic rings. The first kappa shape index (κ1) is 22.3. The first-order valence-corrected chi connectivity index (χ1v) is 9.95. The topological polar surface area (TPSA) is 60.3 Å². The van der Waals surface area contributed by atoms with E-state index in [1.165, 1.54) is 0 Å². The van der Waals surface area contributed by atoms with Crippen molar-refractivity contribution in [1.29, 1.82) is 0 Å². The highest BCUT2D eigenvalue weighted by Crippen LogP contribution is 2.20. The van der Waals surface area contributed by atoms with Gasteiger partial charge in [0.15, 0.2) is 6.10 Å². The summed E-state index contributed by atoms with van der Waals surface area (Å²) < 4.78 is 11.9. The predicted molar refractivity (Wildman–Crippen MR) is 112 cm³/mol. The van der Waals surface area contributed by atoms with Crippen molar-refractivity contribution >= 4 is 6.21 Å². The van der Waals surface area contributed by atoms with Gasteiger partial charge in [-0.15, -0.1) is 6.58 Å². The molecule has 0 saturated carbocycles. The molecule has 0 aliphatic carbocycles. The average molecular weight is 388 g/mol. The van der Waals surface area contributed by atoms with Crippen LogP contribution >= 0.6 is 0 Å². The van der Waals surface area contributed by atoms with Crippen molar-refractivity contribution in [2.24, 2.45) is 17.0 Å². The quantitative estimate of drug-likeness (QED) is 0.352. The van der Waals surface area contributed by atoms with E-state index in [0.29, 0.717) is 18.9 Å². The van der Waals surface area contributed by atoms with Crippen LogP contribution in [0.3, 0.4) is 0 Å². The number of aliphatic hydroxyl groups is 1. The van der Waals surface area contributed by atoms with E-state index >= 15 is 0 Å². The lowest BCUT2D eigenvalue weighted by Gasteiger charge is -2.29. The minimum absolute atomic E-state index is 0.0244. The molecule has 0 aromatic heterocycles. The minimum atomic E-state index is -0.433. The highest BCUT2D eigenvalue weighted by Gasteiger charge is 2.28. The number of ether oxygens (including phenoxy) is 2. The molecule has 0 unspecified atom stereocenters. The summed E-state index contributed by atoms with van der Waals surface area (Å²) in [4.78, 5) is 5.59. The summed E-state index contributed by atoms with van der Waals surface area (Å²) in [5.41, 5.74) is 1.15. The molecular formula is C23H33NO4. The van der Waals surface area contributed by atoms with Crippen LogP contribution in [0.15, 0.2) is 60.3 Å². The zero-order valence-corrected chi connectivity index (χ0v) is 17.1. The maximum atomic E-state index is 9.56. The van der Waals surface area contributed by atoms with E-state index in [9.17, 15) is 5.11 Å². The van der Waals surface area contributed by atoms with Crippen LogP contribution in [0.25, 0.3) is 0 Å². The van der Waals surface area contributed by atoms with Crippen LogP contribution in [0.2, 0.25) is 0 Å². The normalized spacial score (nSPS) is 24.4. The molecule has 0 spiro atoms. The van der Waals surface area contributed by atoms with Crippen LogP contribution in [-0.4, -0.2) is 42.3 Å². The van der Waals surface area contributed by atoms with Crippen molar-refractivity contribution < 1.29 is 19.4 Å². The molecule has 1 N–H and O–H groups in total. The number of benzene rings is 1. The number of aliphatic hydroxyl groups excluding tert-OH is 1. The number of hydrogen-bond donors (Lipinski definition) is 1. The Morgan fingerprint density at radius 2 is 1.96 bits per heavy atom. The molecule has 0 bridgehead atoms. The maximum absolute atomic E-state index is 9.56. The van der Waals surface area contributed by atoms with Gasteiger partial charge >= 0.3 is 0 Å². The average Bonchev–Trinajstić information content (AvgIpc) is 2.69. The second-order valence-electron chi connectivity index (χ2n) is 7.49. The Balaban J connectivity index is 1.89. The Morgan fingerprint density at radius 3 is 2.61 bits per heavy atom. The molecule has 28 heavy (non-hydrogen) atoms. The number of hydrogen-bond acceptors (Lipinski definition) is 5. The molecule has 1 aromatic rings. The maximum Gasteiger partial charge on any atom is 0.174 e. The van der Waals surface area contributed by atoms with E-state index in [1.54, 1.807) is 12.3 Å². The van der Waals surface area contributed by atoms with Gasteiger partial charge in [-0.3, -0.25) is 0 Å². The van der Waals surface area contributed by atoms with E-state index in [-0.39, 0.29) is 24.7 Å². The summed E-state index contributed by atoms with van der Waals surface area (Å²) in [6.45, 7) is 10.5.